The van der Waals surface area contributed by atoms with Gasteiger partial charge in [0.25, 0.3) is 0 Å². The Morgan fingerprint density at radius 3 is 2.76 bits per heavy atom. The molecule has 1 atom stereocenters. The summed E-state index contributed by atoms with van der Waals surface area (Å²) in [6, 6.07) is 2.53. The maximum absolute atomic E-state index is 14.1. The van der Waals surface area contributed by atoms with Gasteiger partial charge in [-0.15, -0.1) is 0 Å². The molecule has 2 heterocycles. The Labute approximate surface area is 130 Å². The third-order valence-corrected chi connectivity index (χ3v) is 6.66. The molecular weight excluding hydrogens is 363 g/mol. The monoisotopic (exact) mass is 376 g/mol. The van der Waals surface area contributed by atoms with E-state index in [-0.39, 0.29) is 33.4 Å². The highest BCUT2D eigenvalue weighted by molar-refractivity contribution is 9.10. The molecule has 1 aromatic rings. The molecule has 1 aromatic carbocycles. The largest absolute Gasteiger partial charge is 0.344 e. The lowest BCUT2D eigenvalue weighted by Gasteiger charge is -2.34. The molecular formula is C13H14BrFN2O3S. The van der Waals surface area contributed by atoms with Crippen LogP contribution in [-0.4, -0.2) is 43.2 Å². The minimum atomic E-state index is -3.69. The van der Waals surface area contributed by atoms with Crippen molar-refractivity contribution in [3.8, 4) is 0 Å². The number of carbonyl (C=O) groups excluding carboxylic acids is 1. The van der Waals surface area contributed by atoms with Crippen molar-refractivity contribution in [1.82, 2.24) is 9.21 Å². The summed E-state index contributed by atoms with van der Waals surface area (Å²) in [7, 11) is -2.04. The van der Waals surface area contributed by atoms with Crippen molar-refractivity contribution in [3.63, 3.8) is 0 Å². The van der Waals surface area contributed by atoms with E-state index in [9.17, 15) is 17.6 Å². The Kier molecular flexibility index (Phi) is 3.58. The number of benzene rings is 1. The smallest absolute Gasteiger partial charge is 0.244 e. The number of likely N-dealkylation sites (N-methyl/N-ethyl adjacent to an activating group) is 1. The third-order valence-electron chi connectivity index (χ3n) is 4.06. The Morgan fingerprint density at radius 1 is 1.38 bits per heavy atom. The zero-order valence-corrected chi connectivity index (χ0v) is 13.7. The number of nitrogens with zero attached hydrogens (tertiary/aromatic N) is 2. The fraction of sp³-hybridized carbons (Fsp3) is 0.462. The number of piperidine rings is 1. The lowest BCUT2D eigenvalue weighted by Crippen LogP contribution is -2.48. The van der Waals surface area contributed by atoms with Crippen LogP contribution in [0.4, 0.5) is 4.39 Å². The Morgan fingerprint density at radius 2 is 2.10 bits per heavy atom. The molecule has 0 radical (unpaired) electrons. The minimum absolute atomic E-state index is 0.00860. The van der Waals surface area contributed by atoms with E-state index in [0.29, 0.717) is 19.4 Å². The van der Waals surface area contributed by atoms with Gasteiger partial charge in [-0.05, 0) is 34.5 Å². The predicted molar refractivity (Wildman–Crippen MR) is 77.5 cm³/mol. The van der Waals surface area contributed by atoms with E-state index in [1.165, 1.54) is 21.3 Å². The zero-order valence-electron chi connectivity index (χ0n) is 11.3. The van der Waals surface area contributed by atoms with Crippen LogP contribution in [0.25, 0.3) is 0 Å². The number of carbonyl (C=O) groups is 1. The highest BCUT2D eigenvalue weighted by Crippen LogP contribution is 2.37. The summed E-state index contributed by atoms with van der Waals surface area (Å²) in [4.78, 5) is 13.1. The summed E-state index contributed by atoms with van der Waals surface area (Å²) in [5.74, 6) is -0.520. The first kappa shape index (κ1) is 14.9. The summed E-state index contributed by atoms with van der Waals surface area (Å²) >= 11 is 3.08. The maximum Gasteiger partial charge on any atom is 0.244 e. The van der Waals surface area contributed by atoms with Crippen LogP contribution in [0.3, 0.4) is 0 Å². The highest BCUT2D eigenvalue weighted by Gasteiger charge is 2.42. The van der Waals surface area contributed by atoms with Gasteiger partial charge in [0.05, 0.1) is 9.37 Å². The maximum atomic E-state index is 14.1. The molecule has 0 N–H and O–H groups in total. The molecule has 2 aliphatic rings. The third kappa shape index (κ3) is 2.29. The van der Waals surface area contributed by atoms with Crippen LogP contribution in [0.15, 0.2) is 21.5 Å². The number of hydrogen-bond donors (Lipinski definition) is 0. The highest BCUT2D eigenvalue weighted by atomic mass is 79.9. The van der Waals surface area contributed by atoms with Crippen molar-refractivity contribution in [2.45, 2.75) is 30.3 Å². The van der Waals surface area contributed by atoms with Crippen LogP contribution in [0, 0.1) is 5.82 Å². The summed E-state index contributed by atoms with van der Waals surface area (Å²) in [6.45, 7) is 0.366. The lowest BCUT2D eigenvalue weighted by molar-refractivity contribution is -0.133. The van der Waals surface area contributed by atoms with Gasteiger partial charge in [0.15, 0.2) is 0 Å². The topological polar surface area (TPSA) is 57.7 Å². The first-order valence-electron chi connectivity index (χ1n) is 6.55. The first-order valence-corrected chi connectivity index (χ1v) is 8.78. The van der Waals surface area contributed by atoms with Crippen LogP contribution < -0.4 is 0 Å². The first-order chi connectivity index (χ1) is 9.82. The van der Waals surface area contributed by atoms with Crippen molar-refractivity contribution in [3.05, 3.63) is 28.0 Å². The average Bonchev–Trinajstić information content (AvgIpc) is 2.69. The summed E-state index contributed by atoms with van der Waals surface area (Å²) in [6.07, 6.45) is 0.787. The number of fused-ring (bicyclic) bond motifs is 1. The minimum Gasteiger partial charge on any atom is -0.344 e. The SMILES string of the molecule is CN1CC(N2Cc3c(ccc(Br)c3F)S2(=O)=O)CCC1=O. The quantitative estimate of drug-likeness (QED) is 0.749. The molecule has 1 fully saturated rings. The van der Waals surface area contributed by atoms with Crippen LogP contribution in [-0.2, 0) is 21.4 Å². The summed E-state index contributed by atoms with van der Waals surface area (Å²) < 4.78 is 40.8. The van der Waals surface area contributed by atoms with E-state index in [0.717, 1.165) is 0 Å². The molecule has 1 amide bonds. The number of halogens is 2. The fourth-order valence-electron chi connectivity index (χ4n) is 2.88. The number of rotatable bonds is 1. The van der Waals surface area contributed by atoms with Gasteiger partial charge in [0.1, 0.15) is 5.82 Å². The normalized spacial score (nSPS) is 25.2. The number of likely N-dealkylation sites (tertiary alicyclic amines) is 1. The molecule has 8 heteroatoms. The van der Waals surface area contributed by atoms with Crippen LogP contribution >= 0.6 is 15.9 Å². The van der Waals surface area contributed by atoms with Gasteiger partial charge < -0.3 is 4.90 Å². The van der Waals surface area contributed by atoms with Gasteiger partial charge in [-0.1, -0.05) is 0 Å². The van der Waals surface area contributed by atoms with E-state index in [1.807, 2.05) is 0 Å². The lowest BCUT2D eigenvalue weighted by atomic mass is 10.1. The van der Waals surface area contributed by atoms with Crippen molar-refractivity contribution in [2.75, 3.05) is 13.6 Å². The molecule has 0 aromatic heterocycles. The van der Waals surface area contributed by atoms with E-state index in [1.54, 1.807) is 7.05 Å². The molecule has 0 saturated carbocycles. The second-order valence-corrected chi connectivity index (χ2v) is 8.07. The van der Waals surface area contributed by atoms with Gasteiger partial charge in [0, 0.05) is 38.2 Å². The van der Waals surface area contributed by atoms with Gasteiger partial charge in [-0.25, -0.2) is 12.8 Å². The van der Waals surface area contributed by atoms with E-state index in [4.69, 9.17) is 0 Å². The van der Waals surface area contributed by atoms with Crippen LogP contribution in [0.2, 0.25) is 0 Å². The van der Waals surface area contributed by atoms with Crippen LogP contribution in [0.5, 0.6) is 0 Å². The molecule has 0 bridgehead atoms. The zero-order chi connectivity index (χ0) is 15.4. The molecule has 0 spiro atoms. The van der Waals surface area contributed by atoms with Gasteiger partial charge >= 0.3 is 0 Å². The molecule has 21 heavy (non-hydrogen) atoms. The van der Waals surface area contributed by atoms with Crippen LogP contribution in [0.1, 0.15) is 18.4 Å². The summed E-state index contributed by atoms with van der Waals surface area (Å²) in [5, 5.41) is 0. The Hall–Kier alpha value is -0.990. The molecule has 114 valence electrons. The van der Waals surface area contributed by atoms with Gasteiger partial charge in [-0.3, -0.25) is 4.79 Å². The number of sulfonamides is 1. The molecule has 2 aliphatic heterocycles. The molecule has 1 saturated heterocycles. The van der Waals surface area contributed by atoms with E-state index < -0.39 is 15.8 Å². The standard InChI is InChI=1S/C13H14BrFN2O3S/c1-16-6-8(2-5-12(16)18)17-7-9-11(21(17,19)20)4-3-10(14)13(9)15/h3-4,8H,2,5-7H2,1H3. The summed E-state index contributed by atoms with van der Waals surface area (Å²) in [5.41, 5.74) is 0.198. The predicted octanol–water partition coefficient (Wildman–Crippen LogP) is 1.71. The van der Waals surface area contributed by atoms with E-state index >= 15 is 0 Å². The second-order valence-electron chi connectivity index (χ2n) is 5.36. The molecule has 1 unspecified atom stereocenters. The van der Waals surface area contributed by atoms with Crippen molar-refractivity contribution < 1.29 is 17.6 Å². The molecule has 5 nitrogen and oxygen atoms in total. The Bertz CT molecular complexity index is 722. The van der Waals surface area contributed by atoms with Gasteiger partial charge in [0.2, 0.25) is 15.9 Å². The van der Waals surface area contributed by atoms with Crippen molar-refractivity contribution >= 4 is 31.9 Å². The van der Waals surface area contributed by atoms with Crippen molar-refractivity contribution in [1.29, 1.82) is 0 Å². The molecule has 0 aliphatic carbocycles. The second kappa shape index (κ2) is 5.03. The average molecular weight is 377 g/mol. The van der Waals surface area contributed by atoms with Crippen molar-refractivity contribution in [2.24, 2.45) is 0 Å². The number of amides is 1. The Balaban J connectivity index is 1.97. The van der Waals surface area contributed by atoms with E-state index in [2.05, 4.69) is 15.9 Å². The number of hydrogen-bond acceptors (Lipinski definition) is 3. The molecule has 3 rings (SSSR count). The fourth-order valence-corrected chi connectivity index (χ4v) is 5.07. The van der Waals surface area contributed by atoms with Gasteiger partial charge in [-0.2, -0.15) is 4.31 Å².